The molecule has 1 heterocycles. The first-order valence-electron chi connectivity index (χ1n) is 8.49. The Morgan fingerprint density at radius 1 is 1.15 bits per heavy atom. The van der Waals surface area contributed by atoms with Crippen molar-refractivity contribution in [3.63, 3.8) is 0 Å². The third-order valence-corrected chi connectivity index (χ3v) is 6.20. The minimum absolute atomic E-state index is 0.580. The van der Waals surface area contributed by atoms with E-state index in [1.807, 2.05) is 0 Å². The monoisotopic (exact) mass is 273 g/mol. The summed E-state index contributed by atoms with van der Waals surface area (Å²) in [5.41, 5.74) is 9.29. The van der Waals surface area contributed by atoms with E-state index in [0.29, 0.717) is 5.41 Å². The molecule has 3 heteroatoms. The minimum atomic E-state index is 0.580. The molecular weight excluding hydrogens is 246 g/mol. The van der Waals surface area contributed by atoms with Crippen LogP contribution >= 0.6 is 0 Å². The zero-order valence-electron chi connectivity index (χ0n) is 12.6. The fourth-order valence-corrected chi connectivity index (χ4v) is 5.97. The standard InChI is InChI=1S/C17H27N3/c1-2-3-14-15(19-20-16(14)18)10-17-7-11-4-12(8-17)6-13(5-11)9-17/h11-13H,2-10H2,1H3,(H3,18,19,20). The predicted octanol–water partition coefficient (Wildman–Crippen LogP) is 3.70. The van der Waals surface area contributed by atoms with Crippen molar-refractivity contribution in [3.05, 3.63) is 11.3 Å². The molecular formula is C17H27N3. The van der Waals surface area contributed by atoms with Crippen LogP contribution in [0.5, 0.6) is 0 Å². The van der Waals surface area contributed by atoms with E-state index in [9.17, 15) is 0 Å². The number of nitrogen functional groups attached to an aromatic ring is 1. The number of anilines is 1. The summed E-state index contributed by atoms with van der Waals surface area (Å²) < 4.78 is 0. The number of nitrogens with one attached hydrogen (secondary N) is 1. The van der Waals surface area contributed by atoms with Gasteiger partial charge in [0.15, 0.2) is 0 Å². The summed E-state index contributed by atoms with van der Waals surface area (Å²) in [4.78, 5) is 0. The van der Waals surface area contributed by atoms with E-state index in [2.05, 4.69) is 17.1 Å². The largest absolute Gasteiger partial charge is 0.382 e. The summed E-state index contributed by atoms with van der Waals surface area (Å²) in [5.74, 6) is 3.81. The number of aromatic amines is 1. The number of hydrogen-bond donors (Lipinski definition) is 2. The molecule has 20 heavy (non-hydrogen) atoms. The van der Waals surface area contributed by atoms with Crippen molar-refractivity contribution in [2.75, 3.05) is 5.73 Å². The van der Waals surface area contributed by atoms with Crippen LogP contribution in [0.1, 0.15) is 63.1 Å². The second-order valence-electron chi connectivity index (χ2n) is 7.91. The molecule has 3 N–H and O–H groups in total. The molecule has 4 fully saturated rings. The smallest absolute Gasteiger partial charge is 0.148 e. The van der Waals surface area contributed by atoms with Gasteiger partial charge in [0.25, 0.3) is 0 Å². The van der Waals surface area contributed by atoms with E-state index in [-0.39, 0.29) is 0 Å². The lowest BCUT2D eigenvalue weighted by Gasteiger charge is -2.57. The highest BCUT2D eigenvalue weighted by Crippen LogP contribution is 2.61. The van der Waals surface area contributed by atoms with Crippen molar-refractivity contribution >= 4 is 5.82 Å². The first-order valence-corrected chi connectivity index (χ1v) is 8.49. The maximum Gasteiger partial charge on any atom is 0.148 e. The van der Waals surface area contributed by atoms with Crippen molar-refractivity contribution in [3.8, 4) is 0 Å². The Bertz CT molecular complexity index is 467. The van der Waals surface area contributed by atoms with Crippen molar-refractivity contribution < 1.29 is 0 Å². The second kappa shape index (κ2) is 4.51. The van der Waals surface area contributed by atoms with E-state index in [1.54, 1.807) is 0 Å². The van der Waals surface area contributed by atoms with Gasteiger partial charge in [-0.05, 0) is 74.5 Å². The number of nitrogens with two attached hydrogens (primary N) is 1. The first-order chi connectivity index (χ1) is 9.67. The summed E-state index contributed by atoms with van der Waals surface area (Å²) in [6.07, 6.45) is 12.4. The summed E-state index contributed by atoms with van der Waals surface area (Å²) >= 11 is 0. The van der Waals surface area contributed by atoms with Crippen LogP contribution < -0.4 is 5.73 Å². The van der Waals surface area contributed by atoms with Crippen LogP contribution in [0.4, 0.5) is 5.82 Å². The molecule has 1 aromatic heterocycles. The Labute approximate surface area is 121 Å². The van der Waals surface area contributed by atoms with Crippen LogP contribution in [0.15, 0.2) is 0 Å². The van der Waals surface area contributed by atoms with Gasteiger partial charge in [0.1, 0.15) is 5.82 Å². The molecule has 4 aliphatic carbocycles. The van der Waals surface area contributed by atoms with Crippen LogP contribution in [0.3, 0.4) is 0 Å². The van der Waals surface area contributed by atoms with Gasteiger partial charge in [0.05, 0.1) is 0 Å². The zero-order valence-corrected chi connectivity index (χ0v) is 12.6. The number of nitrogens with zero attached hydrogens (tertiary/aromatic N) is 1. The van der Waals surface area contributed by atoms with Crippen LogP contribution in [0.2, 0.25) is 0 Å². The normalized spacial score (nSPS) is 38.5. The van der Waals surface area contributed by atoms with E-state index < -0.39 is 0 Å². The minimum Gasteiger partial charge on any atom is -0.382 e. The molecule has 3 nitrogen and oxygen atoms in total. The van der Waals surface area contributed by atoms with Gasteiger partial charge in [-0.2, -0.15) is 5.10 Å². The lowest BCUT2D eigenvalue weighted by Crippen LogP contribution is -2.47. The van der Waals surface area contributed by atoms with Gasteiger partial charge < -0.3 is 5.73 Å². The summed E-state index contributed by atoms with van der Waals surface area (Å²) in [6, 6.07) is 0. The number of H-pyrrole nitrogens is 1. The van der Waals surface area contributed by atoms with Gasteiger partial charge in [-0.15, -0.1) is 0 Å². The highest BCUT2D eigenvalue weighted by atomic mass is 15.2. The van der Waals surface area contributed by atoms with Crippen molar-refractivity contribution in [1.29, 1.82) is 0 Å². The third-order valence-electron chi connectivity index (χ3n) is 6.20. The Morgan fingerprint density at radius 3 is 2.30 bits per heavy atom. The van der Waals surface area contributed by atoms with Crippen LogP contribution in [-0.2, 0) is 12.8 Å². The highest BCUT2D eigenvalue weighted by Gasteiger charge is 2.50. The molecule has 4 bridgehead atoms. The van der Waals surface area contributed by atoms with Crippen molar-refractivity contribution in [1.82, 2.24) is 10.2 Å². The predicted molar refractivity (Wildman–Crippen MR) is 81.3 cm³/mol. The van der Waals surface area contributed by atoms with Gasteiger partial charge >= 0.3 is 0 Å². The molecule has 5 rings (SSSR count). The highest BCUT2D eigenvalue weighted by molar-refractivity contribution is 5.42. The van der Waals surface area contributed by atoms with Gasteiger partial charge in [-0.1, -0.05) is 13.3 Å². The van der Waals surface area contributed by atoms with E-state index in [1.165, 1.54) is 56.2 Å². The number of hydrogen-bond acceptors (Lipinski definition) is 2. The van der Waals surface area contributed by atoms with E-state index in [4.69, 9.17) is 5.73 Å². The summed E-state index contributed by atoms with van der Waals surface area (Å²) in [5, 5.41) is 7.54. The Hall–Kier alpha value is -0.990. The SMILES string of the molecule is CCCc1c(N)n[nH]c1CC12CC3CC(CC(C3)C1)C2. The fraction of sp³-hybridized carbons (Fsp3) is 0.824. The van der Waals surface area contributed by atoms with Gasteiger partial charge in [0, 0.05) is 11.3 Å². The molecule has 0 aliphatic heterocycles. The van der Waals surface area contributed by atoms with Gasteiger partial charge in [-0.25, -0.2) is 0 Å². The molecule has 0 unspecified atom stereocenters. The Kier molecular flexibility index (Phi) is 2.87. The molecule has 4 saturated carbocycles. The van der Waals surface area contributed by atoms with Crippen molar-refractivity contribution in [2.24, 2.45) is 23.2 Å². The molecule has 0 amide bonds. The van der Waals surface area contributed by atoms with Crippen LogP contribution in [0, 0.1) is 23.2 Å². The van der Waals surface area contributed by atoms with Crippen molar-refractivity contribution in [2.45, 2.75) is 64.7 Å². The molecule has 110 valence electrons. The quantitative estimate of drug-likeness (QED) is 0.878. The molecule has 0 saturated heterocycles. The Morgan fingerprint density at radius 2 is 1.75 bits per heavy atom. The van der Waals surface area contributed by atoms with Gasteiger partial charge in [-0.3, -0.25) is 5.10 Å². The van der Waals surface area contributed by atoms with Gasteiger partial charge in [0.2, 0.25) is 0 Å². The van der Waals surface area contributed by atoms with Crippen LogP contribution in [-0.4, -0.2) is 10.2 Å². The van der Waals surface area contributed by atoms with Crippen LogP contribution in [0.25, 0.3) is 0 Å². The molecule has 4 aliphatic rings. The van der Waals surface area contributed by atoms with E-state index in [0.717, 1.165) is 36.4 Å². The molecule has 0 spiro atoms. The second-order valence-corrected chi connectivity index (χ2v) is 7.91. The first kappa shape index (κ1) is 12.7. The molecule has 0 atom stereocenters. The number of aromatic nitrogens is 2. The molecule has 1 aromatic rings. The fourth-order valence-electron chi connectivity index (χ4n) is 5.97. The topological polar surface area (TPSA) is 54.7 Å². The van der Waals surface area contributed by atoms with E-state index >= 15 is 0 Å². The average molecular weight is 273 g/mol. The lowest BCUT2D eigenvalue weighted by molar-refractivity contribution is -0.0527. The summed E-state index contributed by atoms with van der Waals surface area (Å²) in [7, 11) is 0. The Balaban J connectivity index is 1.59. The maximum absolute atomic E-state index is 6.05. The zero-order chi connectivity index (χ0) is 13.7. The summed E-state index contributed by atoms with van der Waals surface area (Å²) in [6.45, 7) is 2.22. The number of rotatable bonds is 4. The molecule has 0 aromatic carbocycles. The third kappa shape index (κ3) is 1.97. The maximum atomic E-state index is 6.05. The lowest BCUT2D eigenvalue weighted by atomic mass is 9.48. The average Bonchev–Trinajstić information content (AvgIpc) is 2.70. The molecule has 0 radical (unpaired) electrons.